The quantitative estimate of drug-likeness (QED) is 0.580. The van der Waals surface area contributed by atoms with E-state index in [2.05, 4.69) is 28.9 Å². The Morgan fingerprint density at radius 1 is 0.970 bits per heavy atom. The van der Waals surface area contributed by atoms with Crippen LogP contribution in [0.2, 0.25) is 0 Å². The molecule has 33 heavy (non-hydrogen) atoms. The molecule has 0 bridgehead atoms. The number of fused-ring (bicyclic) bond motifs is 3. The van der Waals surface area contributed by atoms with Gasteiger partial charge in [0.2, 0.25) is 0 Å². The van der Waals surface area contributed by atoms with Crippen LogP contribution in [0.1, 0.15) is 36.7 Å². The van der Waals surface area contributed by atoms with Gasteiger partial charge in [-0.3, -0.25) is 4.57 Å². The Morgan fingerprint density at radius 2 is 1.70 bits per heavy atom. The van der Waals surface area contributed by atoms with Gasteiger partial charge in [-0.05, 0) is 36.1 Å². The molecular formula is C25H29FN4O3. The minimum Gasteiger partial charge on any atom is -0.496 e. The molecule has 0 aliphatic carbocycles. The molecule has 2 aromatic carbocycles. The molecule has 3 heterocycles. The molecule has 8 heteroatoms. The number of hydrogen-bond acceptors (Lipinski definition) is 6. The zero-order valence-corrected chi connectivity index (χ0v) is 19.5. The number of aryl methyl sites for hydroxylation is 1. The van der Waals surface area contributed by atoms with Crippen LogP contribution >= 0.6 is 0 Å². The van der Waals surface area contributed by atoms with E-state index in [4.69, 9.17) is 14.2 Å². The monoisotopic (exact) mass is 452 g/mol. The average Bonchev–Trinajstić information content (AvgIpc) is 3.28. The summed E-state index contributed by atoms with van der Waals surface area (Å²) in [6, 6.07) is 7.78. The lowest BCUT2D eigenvalue weighted by Gasteiger charge is -2.31. The van der Waals surface area contributed by atoms with Crippen LogP contribution < -0.4 is 14.4 Å². The minimum atomic E-state index is -0.163. The van der Waals surface area contributed by atoms with Crippen LogP contribution in [0.15, 0.2) is 24.3 Å². The number of anilines is 1. The number of halogens is 1. The molecule has 1 fully saturated rings. The summed E-state index contributed by atoms with van der Waals surface area (Å²) < 4.78 is 34.4. The number of hydrogen-bond donors (Lipinski definition) is 0. The summed E-state index contributed by atoms with van der Waals surface area (Å²) in [4.78, 5) is 2.06. The Labute approximate surface area is 193 Å². The van der Waals surface area contributed by atoms with Gasteiger partial charge in [-0.1, -0.05) is 13.8 Å². The number of aromatic nitrogens is 3. The first kappa shape index (κ1) is 21.7. The molecule has 0 amide bonds. The van der Waals surface area contributed by atoms with Gasteiger partial charge in [-0.15, -0.1) is 10.2 Å². The van der Waals surface area contributed by atoms with E-state index in [0.29, 0.717) is 62.0 Å². The van der Waals surface area contributed by atoms with Crippen molar-refractivity contribution in [1.29, 1.82) is 0 Å². The zero-order chi connectivity index (χ0) is 23.1. The standard InChI is InChI=1S/C25H29FN4O3/c1-15(2)17-13-18(22(32-4)14-21(17)31-3)25-28-27-23-8-5-16-19(30(23)25)6-7-20(24(16)26)29-9-11-33-12-10-29/h6-7,13-15H,5,8-12H2,1-4H3. The van der Waals surface area contributed by atoms with Crippen LogP contribution in [0.4, 0.5) is 10.1 Å². The first-order valence-electron chi connectivity index (χ1n) is 11.4. The van der Waals surface area contributed by atoms with E-state index >= 15 is 4.39 Å². The van der Waals surface area contributed by atoms with Gasteiger partial charge in [0.1, 0.15) is 17.3 Å². The fraction of sp³-hybridized carbons (Fsp3) is 0.440. The second-order valence-corrected chi connectivity index (χ2v) is 8.72. The van der Waals surface area contributed by atoms with Gasteiger partial charge in [-0.25, -0.2) is 4.39 Å². The van der Waals surface area contributed by atoms with Gasteiger partial charge in [0.05, 0.1) is 44.4 Å². The molecule has 0 spiro atoms. The van der Waals surface area contributed by atoms with Gasteiger partial charge in [0.15, 0.2) is 11.6 Å². The summed E-state index contributed by atoms with van der Waals surface area (Å²) in [5, 5.41) is 8.96. The lowest BCUT2D eigenvalue weighted by molar-refractivity contribution is 0.122. The van der Waals surface area contributed by atoms with Gasteiger partial charge in [-0.2, -0.15) is 0 Å². The molecule has 0 radical (unpaired) electrons. The highest BCUT2D eigenvalue weighted by Gasteiger charge is 2.29. The summed E-state index contributed by atoms with van der Waals surface area (Å²) in [7, 11) is 3.29. The number of ether oxygens (including phenoxy) is 3. The molecule has 0 N–H and O–H groups in total. The normalized spacial score (nSPS) is 15.4. The molecular weight excluding hydrogens is 423 g/mol. The predicted molar refractivity (Wildman–Crippen MR) is 124 cm³/mol. The summed E-state index contributed by atoms with van der Waals surface area (Å²) in [5.41, 5.74) is 3.99. The molecule has 5 rings (SSSR count). The van der Waals surface area contributed by atoms with Crippen molar-refractivity contribution >= 4 is 5.69 Å². The van der Waals surface area contributed by atoms with Gasteiger partial charge in [0.25, 0.3) is 0 Å². The first-order valence-corrected chi connectivity index (χ1v) is 11.4. The van der Waals surface area contributed by atoms with E-state index < -0.39 is 0 Å². The average molecular weight is 453 g/mol. The Kier molecular flexibility index (Phi) is 5.70. The SMILES string of the molecule is COc1cc(OC)c(C(C)C)cc1-c1nnc2n1-c1ccc(N3CCOCC3)c(F)c1CC2. The van der Waals surface area contributed by atoms with Crippen LogP contribution in [0.3, 0.4) is 0 Å². The molecule has 2 aliphatic rings. The molecule has 1 aromatic heterocycles. The largest absolute Gasteiger partial charge is 0.496 e. The third-order valence-electron chi connectivity index (χ3n) is 6.53. The second-order valence-electron chi connectivity index (χ2n) is 8.72. The number of methoxy groups -OCH3 is 2. The highest BCUT2D eigenvalue weighted by Crippen LogP contribution is 2.41. The van der Waals surface area contributed by atoms with Crippen molar-refractivity contribution in [2.45, 2.75) is 32.6 Å². The maximum atomic E-state index is 15.7. The van der Waals surface area contributed by atoms with Crippen molar-refractivity contribution in [3.63, 3.8) is 0 Å². The van der Waals surface area contributed by atoms with Crippen molar-refractivity contribution in [3.05, 3.63) is 47.0 Å². The highest BCUT2D eigenvalue weighted by molar-refractivity contribution is 5.71. The second kappa shape index (κ2) is 8.67. The number of benzene rings is 2. The molecule has 174 valence electrons. The van der Waals surface area contributed by atoms with E-state index in [9.17, 15) is 0 Å². The van der Waals surface area contributed by atoms with Crippen molar-refractivity contribution in [2.24, 2.45) is 0 Å². The highest BCUT2D eigenvalue weighted by atomic mass is 19.1. The minimum absolute atomic E-state index is 0.163. The van der Waals surface area contributed by atoms with E-state index in [1.807, 2.05) is 28.8 Å². The summed E-state index contributed by atoms with van der Waals surface area (Å²) >= 11 is 0. The number of rotatable bonds is 5. The Balaban J connectivity index is 1.65. The Bertz CT molecular complexity index is 1180. The third kappa shape index (κ3) is 3.62. The smallest absolute Gasteiger partial charge is 0.172 e. The molecule has 7 nitrogen and oxygen atoms in total. The molecule has 0 unspecified atom stereocenters. The lowest BCUT2D eigenvalue weighted by Crippen LogP contribution is -2.37. The van der Waals surface area contributed by atoms with Crippen molar-refractivity contribution < 1.29 is 18.6 Å². The van der Waals surface area contributed by atoms with Gasteiger partial charge in [0, 0.05) is 31.1 Å². The van der Waals surface area contributed by atoms with Gasteiger partial charge >= 0.3 is 0 Å². The molecule has 3 aromatic rings. The van der Waals surface area contributed by atoms with E-state index in [1.165, 1.54) is 0 Å². The topological polar surface area (TPSA) is 61.6 Å². The van der Waals surface area contributed by atoms with Crippen molar-refractivity contribution in [3.8, 4) is 28.6 Å². The maximum absolute atomic E-state index is 15.7. The molecule has 2 aliphatic heterocycles. The Morgan fingerprint density at radius 3 is 2.39 bits per heavy atom. The van der Waals surface area contributed by atoms with E-state index in [0.717, 1.165) is 28.4 Å². The molecule has 0 atom stereocenters. The van der Waals surface area contributed by atoms with Crippen LogP contribution in [0.5, 0.6) is 11.5 Å². The van der Waals surface area contributed by atoms with Crippen LogP contribution in [-0.2, 0) is 17.6 Å². The molecule has 0 saturated carbocycles. The maximum Gasteiger partial charge on any atom is 0.172 e. The lowest BCUT2D eigenvalue weighted by atomic mass is 9.97. The summed E-state index contributed by atoms with van der Waals surface area (Å²) in [6.07, 6.45) is 1.22. The fourth-order valence-electron chi connectivity index (χ4n) is 4.79. The van der Waals surface area contributed by atoms with Gasteiger partial charge < -0.3 is 19.1 Å². The van der Waals surface area contributed by atoms with Crippen LogP contribution in [-0.4, -0.2) is 55.3 Å². The summed E-state index contributed by atoms with van der Waals surface area (Å²) in [6.45, 7) is 6.85. The fourth-order valence-corrected chi connectivity index (χ4v) is 4.79. The predicted octanol–water partition coefficient (Wildman–Crippen LogP) is 4.15. The number of nitrogens with zero attached hydrogens (tertiary/aromatic N) is 4. The molecule has 1 saturated heterocycles. The first-order chi connectivity index (χ1) is 16.0. The van der Waals surface area contributed by atoms with Crippen molar-refractivity contribution in [1.82, 2.24) is 14.8 Å². The van der Waals surface area contributed by atoms with Crippen LogP contribution in [0, 0.1) is 5.82 Å². The Hall–Kier alpha value is -3.13. The van der Waals surface area contributed by atoms with E-state index in [1.54, 1.807) is 14.2 Å². The zero-order valence-electron chi connectivity index (χ0n) is 19.5. The number of morpholine rings is 1. The van der Waals surface area contributed by atoms with E-state index in [-0.39, 0.29) is 11.7 Å². The van der Waals surface area contributed by atoms with Crippen molar-refractivity contribution in [2.75, 3.05) is 45.4 Å². The third-order valence-corrected chi connectivity index (χ3v) is 6.53. The van der Waals surface area contributed by atoms with Crippen LogP contribution in [0.25, 0.3) is 17.1 Å². The summed E-state index contributed by atoms with van der Waals surface area (Å²) in [5.74, 6) is 2.96.